The molecule has 0 spiro atoms. The van der Waals surface area contributed by atoms with Gasteiger partial charge in [0, 0.05) is 17.4 Å². The van der Waals surface area contributed by atoms with Crippen molar-refractivity contribution >= 4 is 45.8 Å². The summed E-state index contributed by atoms with van der Waals surface area (Å²) in [7, 11) is 0. The molecule has 0 aliphatic carbocycles. The standard InChI is InChI=1S/C15H13IN4O/c1-3-8-17-14-13(16)9-18-15(20-14)19-12-6-4-11(5-7-12)10(2)21/h1,4-7,9H,8H2,2H3,(H2,17,18,19,20). The molecule has 1 aromatic heterocycles. The Kier molecular flexibility index (Phi) is 5.11. The Labute approximate surface area is 136 Å². The molecule has 0 unspecified atom stereocenters. The van der Waals surface area contributed by atoms with E-state index < -0.39 is 0 Å². The number of carbonyl (C=O) groups excluding carboxylic acids is 1. The minimum Gasteiger partial charge on any atom is -0.358 e. The van der Waals surface area contributed by atoms with Gasteiger partial charge in [-0.2, -0.15) is 4.98 Å². The van der Waals surface area contributed by atoms with Crippen LogP contribution < -0.4 is 10.6 Å². The number of halogens is 1. The van der Waals surface area contributed by atoms with Crippen molar-refractivity contribution in [3.8, 4) is 12.3 Å². The smallest absolute Gasteiger partial charge is 0.229 e. The van der Waals surface area contributed by atoms with Crippen LogP contribution in [0.15, 0.2) is 30.5 Å². The van der Waals surface area contributed by atoms with Crippen LogP contribution in [0.3, 0.4) is 0 Å². The van der Waals surface area contributed by atoms with Crippen LogP contribution in [0.1, 0.15) is 17.3 Å². The van der Waals surface area contributed by atoms with Crippen LogP contribution in [0.4, 0.5) is 17.5 Å². The molecule has 0 atom stereocenters. The Morgan fingerprint density at radius 3 is 2.71 bits per heavy atom. The lowest BCUT2D eigenvalue weighted by atomic mass is 10.1. The molecule has 0 radical (unpaired) electrons. The van der Waals surface area contributed by atoms with E-state index in [-0.39, 0.29) is 5.78 Å². The lowest BCUT2D eigenvalue weighted by Crippen LogP contribution is -2.06. The van der Waals surface area contributed by atoms with Gasteiger partial charge < -0.3 is 10.6 Å². The van der Waals surface area contributed by atoms with Crippen LogP contribution in [0.25, 0.3) is 0 Å². The predicted molar refractivity (Wildman–Crippen MR) is 91.8 cm³/mol. The molecule has 2 aromatic rings. The second kappa shape index (κ2) is 7.04. The highest BCUT2D eigenvalue weighted by molar-refractivity contribution is 14.1. The van der Waals surface area contributed by atoms with Crippen LogP contribution in [0.2, 0.25) is 0 Å². The fraction of sp³-hybridized carbons (Fsp3) is 0.133. The average Bonchev–Trinajstić information content (AvgIpc) is 2.48. The molecule has 1 heterocycles. The molecular formula is C15H13IN4O. The van der Waals surface area contributed by atoms with Crippen LogP contribution in [0, 0.1) is 15.9 Å². The van der Waals surface area contributed by atoms with Gasteiger partial charge in [0.2, 0.25) is 5.95 Å². The van der Waals surface area contributed by atoms with Crippen LogP contribution in [0.5, 0.6) is 0 Å². The number of ketones is 1. The molecule has 0 bridgehead atoms. The van der Waals surface area contributed by atoms with Crippen molar-refractivity contribution < 1.29 is 4.79 Å². The van der Waals surface area contributed by atoms with Crippen molar-refractivity contribution in [1.29, 1.82) is 0 Å². The SMILES string of the molecule is C#CCNc1nc(Nc2ccc(C(C)=O)cc2)ncc1I. The van der Waals surface area contributed by atoms with Gasteiger partial charge in [-0.05, 0) is 53.8 Å². The van der Waals surface area contributed by atoms with Gasteiger partial charge in [0.25, 0.3) is 0 Å². The highest BCUT2D eigenvalue weighted by Gasteiger charge is 2.05. The monoisotopic (exact) mass is 392 g/mol. The third-order valence-corrected chi connectivity index (χ3v) is 3.44. The van der Waals surface area contributed by atoms with E-state index in [0.29, 0.717) is 23.9 Å². The molecular weight excluding hydrogens is 379 g/mol. The summed E-state index contributed by atoms with van der Waals surface area (Å²) in [5.74, 6) is 3.69. The zero-order valence-corrected chi connectivity index (χ0v) is 13.5. The summed E-state index contributed by atoms with van der Waals surface area (Å²) in [5, 5.41) is 6.12. The molecule has 0 saturated heterocycles. The van der Waals surface area contributed by atoms with Crippen molar-refractivity contribution in [1.82, 2.24) is 9.97 Å². The summed E-state index contributed by atoms with van der Waals surface area (Å²) >= 11 is 2.14. The van der Waals surface area contributed by atoms with Crippen LogP contribution in [-0.2, 0) is 0 Å². The van der Waals surface area contributed by atoms with E-state index in [1.165, 1.54) is 6.92 Å². The number of aromatic nitrogens is 2. The fourth-order valence-corrected chi connectivity index (χ4v) is 2.05. The largest absolute Gasteiger partial charge is 0.358 e. The number of rotatable bonds is 5. The summed E-state index contributed by atoms with van der Waals surface area (Å²) < 4.78 is 0.889. The summed E-state index contributed by atoms with van der Waals surface area (Å²) in [6, 6.07) is 7.14. The molecule has 0 aliphatic heterocycles. The van der Waals surface area contributed by atoms with Gasteiger partial charge in [-0.15, -0.1) is 6.42 Å². The third-order valence-electron chi connectivity index (χ3n) is 2.65. The van der Waals surface area contributed by atoms with Gasteiger partial charge in [0.1, 0.15) is 5.82 Å². The summed E-state index contributed by atoms with van der Waals surface area (Å²) in [6.07, 6.45) is 6.93. The number of carbonyl (C=O) groups is 1. The second-order valence-electron chi connectivity index (χ2n) is 4.21. The predicted octanol–water partition coefficient (Wildman–Crippen LogP) is 3.07. The first-order chi connectivity index (χ1) is 10.1. The van der Waals surface area contributed by atoms with Gasteiger partial charge in [-0.3, -0.25) is 4.79 Å². The minimum absolute atomic E-state index is 0.0350. The maximum Gasteiger partial charge on any atom is 0.229 e. The molecule has 0 saturated carbocycles. The van der Waals surface area contributed by atoms with E-state index >= 15 is 0 Å². The number of hydrogen-bond acceptors (Lipinski definition) is 5. The molecule has 2 rings (SSSR count). The number of nitrogens with one attached hydrogen (secondary N) is 2. The third kappa shape index (κ3) is 4.16. The maximum atomic E-state index is 11.2. The second-order valence-corrected chi connectivity index (χ2v) is 5.37. The summed E-state index contributed by atoms with van der Waals surface area (Å²) in [5.41, 5.74) is 1.48. The molecule has 5 nitrogen and oxygen atoms in total. The van der Waals surface area contributed by atoms with Crippen molar-refractivity contribution in [2.75, 3.05) is 17.2 Å². The molecule has 1 aromatic carbocycles. The Balaban J connectivity index is 2.15. The highest BCUT2D eigenvalue weighted by atomic mass is 127. The number of anilines is 3. The fourth-order valence-electron chi connectivity index (χ4n) is 1.60. The quantitative estimate of drug-likeness (QED) is 0.465. The Morgan fingerprint density at radius 1 is 1.38 bits per heavy atom. The number of terminal acetylenes is 1. The Bertz CT molecular complexity index is 692. The minimum atomic E-state index is 0.0350. The van der Waals surface area contributed by atoms with E-state index in [2.05, 4.69) is 49.1 Å². The van der Waals surface area contributed by atoms with Gasteiger partial charge in [0.15, 0.2) is 5.78 Å². The normalized spacial score (nSPS) is 9.76. The van der Waals surface area contributed by atoms with E-state index in [4.69, 9.17) is 6.42 Å². The Morgan fingerprint density at radius 2 is 2.10 bits per heavy atom. The molecule has 106 valence electrons. The van der Waals surface area contributed by atoms with E-state index in [1.807, 2.05) is 12.1 Å². The number of benzene rings is 1. The first-order valence-corrected chi connectivity index (χ1v) is 7.26. The van der Waals surface area contributed by atoms with Gasteiger partial charge in [0.05, 0.1) is 10.1 Å². The van der Waals surface area contributed by atoms with E-state index in [9.17, 15) is 4.79 Å². The number of hydrogen-bond donors (Lipinski definition) is 2. The van der Waals surface area contributed by atoms with Gasteiger partial charge >= 0.3 is 0 Å². The molecule has 21 heavy (non-hydrogen) atoms. The van der Waals surface area contributed by atoms with E-state index in [1.54, 1.807) is 18.3 Å². The molecule has 2 N–H and O–H groups in total. The Hall–Kier alpha value is -2.14. The number of nitrogens with zero attached hydrogens (tertiary/aromatic N) is 2. The van der Waals surface area contributed by atoms with Crippen molar-refractivity contribution in [3.05, 3.63) is 39.6 Å². The lowest BCUT2D eigenvalue weighted by molar-refractivity contribution is 0.101. The lowest BCUT2D eigenvalue weighted by Gasteiger charge is -2.09. The van der Waals surface area contributed by atoms with Crippen LogP contribution in [-0.4, -0.2) is 22.3 Å². The molecule has 0 amide bonds. The highest BCUT2D eigenvalue weighted by Crippen LogP contribution is 2.19. The van der Waals surface area contributed by atoms with Crippen molar-refractivity contribution in [2.24, 2.45) is 0 Å². The van der Waals surface area contributed by atoms with Gasteiger partial charge in [-0.1, -0.05) is 5.92 Å². The molecule has 6 heteroatoms. The van der Waals surface area contributed by atoms with Crippen molar-refractivity contribution in [3.63, 3.8) is 0 Å². The molecule has 0 aliphatic rings. The van der Waals surface area contributed by atoms with Gasteiger partial charge in [-0.25, -0.2) is 4.98 Å². The maximum absolute atomic E-state index is 11.2. The summed E-state index contributed by atoms with van der Waals surface area (Å²) in [4.78, 5) is 19.8. The topological polar surface area (TPSA) is 66.9 Å². The number of Topliss-reactive ketones (excluding diaryl/α,β-unsaturated/α-hetero) is 1. The first-order valence-electron chi connectivity index (χ1n) is 6.18. The van der Waals surface area contributed by atoms with E-state index in [0.717, 1.165) is 9.26 Å². The zero-order chi connectivity index (χ0) is 15.2. The van der Waals surface area contributed by atoms with Crippen molar-refractivity contribution in [2.45, 2.75) is 6.92 Å². The van der Waals surface area contributed by atoms with Crippen LogP contribution >= 0.6 is 22.6 Å². The zero-order valence-electron chi connectivity index (χ0n) is 11.4. The first kappa shape index (κ1) is 15.3. The average molecular weight is 392 g/mol. The molecule has 0 fully saturated rings. The summed E-state index contributed by atoms with van der Waals surface area (Å²) in [6.45, 7) is 1.94.